The Morgan fingerprint density at radius 3 is 2.71 bits per heavy atom. The lowest BCUT2D eigenvalue weighted by molar-refractivity contribution is 0.399. The molecule has 0 bridgehead atoms. The number of hydrogen-bond donors (Lipinski definition) is 1. The maximum atomic E-state index is 5.61. The van der Waals surface area contributed by atoms with E-state index in [1.807, 2.05) is 0 Å². The number of ether oxygens (including phenoxy) is 1. The van der Waals surface area contributed by atoms with Crippen molar-refractivity contribution in [3.63, 3.8) is 0 Å². The van der Waals surface area contributed by atoms with Crippen LogP contribution in [0.2, 0.25) is 0 Å². The van der Waals surface area contributed by atoms with Crippen LogP contribution in [0.5, 0.6) is 5.75 Å². The van der Waals surface area contributed by atoms with E-state index in [9.17, 15) is 0 Å². The molecular formula is C17H27NOS2. The van der Waals surface area contributed by atoms with Crippen molar-refractivity contribution in [2.75, 3.05) is 19.4 Å². The predicted molar refractivity (Wildman–Crippen MR) is 96.9 cm³/mol. The highest BCUT2D eigenvalue weighted by atomic mass is 32.2. The van der Waals surface area contributed by atoms with E-state index in [0.29, 0.717) is 16.5 Å². The summed E-state index contributed by atoms with van der Waals surface area (Å²) >= 11 is 4.22. The number of hydrogen-bond acceptors (Lipinski definition) is 4. The summed E-state index contributed by atoms with van der Waals surface area (Å²) < 4.78 is 5.61. The van der Waals surface area contributed by atoms with Crippen molar-refractivity contribution in [2.24, 2.45) is 0 Å². The van der Waals surface area contributed by atoms with Crippen LogP contribution in [0.25, 0.3) is 0 Å². The molecule has 1 saturated heterocycles. The fraction of sp³-hybridized carbons (Fsp3) is 0.647. The minimum Gasteiger partial charge on any atom is -0.496 e. The van der Waals surface area contributed by atoms with Crippen LogP contribution >= 0.6 is 23.5 Å². The Morgan fingerprint density at radius 1 is 1.33 bits per heavy atom. The molecule has 4 heteroatoms. The first kappa shape index (κ1) is 17.0. The van der Waals surface area contributed by atoms with Crippen LogP contribution < -0.4 is 10.1 Å². The Morgan fingerprint density at radius 2 is 2.10 bits per heavy atom. The van der Waals surface area contributed by atoms with E-state index >= 15 is 0 Å². The molecule has 4 unspecified atom stereocenters. The Kier molecular flexibility index (Phi) is 6.33. The van der Waals surface area contributed by atoms with Crippen molar-refractivity contribution in [2.45, 2.75) is 49.5 Å². The highest BCUT2D eigenvalue weighted by Gasteiger charge is 2.33. The fourth-order valence-electron chi connectivity index (χ4n) is 2.74. The number of methoxy groups -OCH3 is 1. The molecule has 0 radical (unpaired) electrons. The molecule has 1 heterocycles. The molecule has 0 aliphatic carbocycles. The summed E-state index contributed by atoms with van der Waals surface area (Å²) in [5.41, 5.74) is 2.60. The van der Waals surface area contributed by atoms with Gasteiger partial charge in [-0.25, -0.2) is 0 Å². The third-order valence-corrected chi connectivity index (χ3v) is 7.58. The van der Waals surface area contributed by atoms with Crippen molar-refractivity contribution in [3.05, 3.63) is 29.3 Å². The predicted octanol–water partition coefficient (Wildman–Crippen LogP) is 4.28. The Hall–Kier alpha value is -0.320. The first-order valence-corrected chi connectivity index (χ1v) is 9.71. The van der Waals surface area contributed by atoms with E-state index in [0.717, 1.165) is 17.5 Å². The molecule has 1 fully saturated rings. The van der Waals surface area contributed by atoms with Crippen molar-refractivity contribution in [1.29, 1.82) is 0 Å². The normalized spacial score (nSPS) is 27.4. The zero-order chi connectivity index (χ0) is 15.4. The van der Waals surface area contributed by atoms with Gasteiger partial charge in [0.2, 0.25) is 0 Å². The van der Waals surface area contributed by atoms with Gasteiger partial charge in [-0.15, -0.1) is 0 Å². The summed E-state index contributed by atoms with van der Waals surface area (Å²) in [6, 6.07) is 6.86. The van der Waals surface area contributed by atoms with E-state index in [4.69, 9.17) is 4.74 Å². The molecule has 1 aromatic rings. The van der Waals surface area contributed by atoms with Gasteiger partial charge in [0.15, 0.2) is 0 Å². The molecule has 4 atom stereocenters. The molecule has 21 heavy (non-hydrogen) atoms. The highest BCUT2D eigenvalue weighted by molar-refractivity contribution is 8.07. The Labute approximate surface area is 137 Å². The van der Waals surface area contributed by atoms with Gasteiger partial charge in [0.05, 0.1) is 7.11 Å². The van der Waals surface area contributed by atoms with Crippen LogP contribution in [0.3, 0.4) is 0 Å². The minimum absolute atomic E-state index is 0.359. The van der Waals surface area contributed by atoms with Crippen LogP contribution in [-0.4, -0.2) is 35.2 Å². The average molecular weight is 326 g/mol. The number of aryl methyl sites for hydroxylation is 1. The van der Waals surface area contributed by atoms with Gasteiger partial charge in [0, 0.05) is 33.1 Å². The third kappa shape index (κ3) is 4.11. The lowest BCUT2D eigenvalue weighted by Gasteiger charge is -2.37. The van der Waals surface area contributed by atoms with Crippen LogP contribution in [0.1, 0.15) is 37.9 Å². The number of nitrogens with one attached hydrogen (secondary N) is 1. The number of benzene rings is 1. The number of thioether (sulfide) groups is 2. The van der Waals surface area contributed by atoms with Crippen molar-refractivity contribution in [1.82, 2.24) is 5.32 Å². The van der Waals surface area contributed by atoms with E-state index in [1.54, 1.807) is 7.11 Å². The van der Waals surface area contributed by atoms with Crippen molar-refractivity contribution >= 4 is 23.5 Å². The van der Waals surface area contributed by atoms with Gasteiger partial charge in [-0.2, -0.15) is 23.5 Å². The second-order valence-electron chi connectivity index (χ2n) is 5.70. The SMILES string of the molecule is CCNC(c1cc(C)ccc1OC)C1CSC(C)C(C)S1. The van der Waals surface area contributed by atoms with Crippen LogP contribution in [0, 0.1) is 6.92 Å². The second-order valence-corrected chi connectivity index (χ2v) is 8.73. The van der Waals surface area contributed by atoms with E-state index in [2.05, 4.69) is 74.7 Å². The van der Waals surface area contributed by atoms with Gasteiger partial charge in [-0.1, -0.05) is 38.5 Å². The Balaban J connectivity index is 2.28. The number of rotatable bonds is 5. The van der Waals surface area contributed by atoms with Crippen LogP contribution in [-0.2, 0) is 0 Å². The molecule has 0 amide bonds. The molecule has 2 nitrogen and oxygen atoms in total. The van der Waals surface area contributed by atoms with Crippen molar-refractivity contribution in [3.8, 4) is 5.75 Å². The summed E-state index contributed by atoms with van der Waals surface area (Å²) in [6.45, 7) is 10.0. The third-order valence-electron chi connectivity index (χ3n) is 4.09. The van der Waals surface area contributed by atoms with E-state index in [-0.39, 0.29) is 0 Å². The molecule has 0 saturated carbocycles. The molecule has 1 aliphatic rings. The van der Waals surface area contributed by atoms with Gasteiger partial charge in [-0.05, 0) is 19.5 Å². The van der Waals surface area contributed by atoms with Gasteiger partial charge in [-0.3, -0.25) is 0 Å². The molecule has 2 rings (SSSR count). The summed E-state index contributed by atoms with van der Waals surface area (Å²) in [7, 11) is 1.77. The van der Waals surface area contributed by atoms with Gasteiger partial charge < -0.3 is 10.1 Å². The highest BCUT2D eigenvalue weighted by Crippen LogP contribution is 2.42. The summed E-state index contributed by atoms with van der Waals surface area (Å²) in [4.78, 5) is 0. The van der Waals surface area contributed by atoms with Crippen LogP contribution in [0.4, 0.5) is 0 Å². The summed E-state index contributed by atoms with van der Waals surface area (Å²) in [5.74, 6) is 2.20. The maximum absolute atomic E-state index is 5.61. The van der Waals surface area contributed by atoms with Gasteiger partial charge in [0.1, 0.15) is 5.75 Å². The molecule has 0 spiro atoms. The Bertz CT molecular complexity index is 466. The largest absolute Gasteiger partial charge is 0.496 e. The average Bonchev–Trinajstić information content (AvgIpc) is 2.48. The minimum atomic E-state index is 0.359. The lowest BCUT2D eigenvalue weighted by Crippen LogP contribution is -2.37. The second kappa shape index (κ2) is 7.80. The summed E-state index contributed by atoms with van der Waals surface area (Å²) in [5, 5.41) is 5.73. The molecule has 1 aliphatic heterocycles. The van der Waals surface area contributed by atoms with Crippen LogP contribution in [0.15, 0.2) is 18.2 Å². The van der Waals surface area contributed by atoms with Gasteiger partial charge >= 0.3 is 0 Å². The van der Waals surface area contributed by atoms with E-state index in [1.165, 1.54) is 16.9 Å². The van der Waals surface area contributed by atoms with Gasteiger partial charge in [0.25, 0.3) is 0 Å². The molecule has 1 N–H and O–H groups in total. The zero-order valence-electron chi connectivity index (χ0n) is 13.7. The quantitative estimate of drug-likeness (QED) is 0.872. The molecule has 0 aromatic heterocycles. The lowest BCUT2D eigenvalue weighted by atomic mass is 10.0. The standard InChI is InChI=1S/C17H27NOS2/c1-6-18-17(16-10-20-12(3)13(4)21-16)14-9-11(2)7-8-15(14)19-5/h7-9,12-13,16-18H,6,10H2,1-5H3. The molecular weight excluding hydrogens is 298 g/mol. The summed E-state index contributed by atoms with van der Waals surface area (Å²) in [6.07, 6.45) is 0. The van der Waals surface area contributed by atoms with E-state index < -0.39 is 0 Å². The monoisotopic (exact) mass is 325 g/mol. The van der Waals surface area contributed by atoms with Crippen molar-refractivity contribution < 1.29 is 4.74 Å². The first-order valence-electron chi connectivity index (χ1n) is 7.71. The fourth-order valence-corrected chi connectivity index (χ4v) is 5.85. The molecule has 118 valence electrons. The maximum Gasteiger partial charge on any atom is 0.123 e. The zero-order valence-corrected chi connectivity index (χ0v) is 15.3. The smallest absolute Gasteiger partial charge is 0.123 e. The molecule has 1 aromatic carbocycles. The first-order chi connectivity index (χ1) is 10.1. The topological polar surface area (TPSA) is 21.3 Å².